The van der Waals surface area contributed by atoms with Gasteiger partial charge in [0.05, 0.1) is 57.0 Å². The maximum atomic E-state index is 10.0. The van der Waals surface area contributed by atoms with Crippen LogP contribution in [-0.2, 0) is 19.1 Å². The Morgan fingerprint density at radius 3 is 1.55 bits per heavy atom. The third-order valence-corrected chi connectivity index (χ3v) is 2.26. The van der Waals surface area contributed by atoms with Crippen LogP contribution in [0.4, 0.5) is 0 Å². The number of carboxylic acids is 3. The minimum Gasteiger partial charge on any atom is -0.500 e. The van der Waals surface area contributed by atoms with E-state index in [4.69, 9.17) is 35.4 Å². The molecule has 128 valence electrons. The SMILES string of the molecule is O=C(O)C=COCC(CO)(CO)CO.O=C(O)CCC(=O)O. The smallest absolute Gasteiger partial charge is 0.331 e. The van der Waals surface area contributed by atoms with Crippen molar-refractivity contribution in [2.75, 3.05) is 26.4 Å². The third kappa shape index (κ3) is 12.8. The molecule has 0 aromatic carbocycles. The summed E-state index contributed by atoms with van der Waals surface area (Å²) in [7, 11) is 0. The molecule has 0 heterocycles. The number of aliphatic hydroxyl groups is 3. The highest BCUT2D eigenvalue weighted by atomic mass is 16.5. The van der Waals surface area contributed by atoms with Crippen LogP contribution in [-0.4, -0.2) is 75.0 Å². The van der Waals surface area contributed by atoms with Gasteiger partial charge in [-0.15, -0.1) is 0 Å². The summed E-state index contributed by atoms with van der Waals surface area (Å²) in [5.41, 5.74) is -1.14. The molecular formula is C12H20O10. The minimum absolute atomic E-state index is 0.153. The van der Waals surface area contributed by atoms with Gasteiger partial charge in [0.15, 0.2) is 0 Å². The molecule has 22 heavy (non-hydrogen) atoms. The Bertz CT molecular complexity index is 350. The highest BCUT2D eigenvalue weighted by molar-refractivity contribution is 5.79. The summed E-state index contributed by atoms with van der Waals surface area (Å²) in [6.07, 6.45) is 1.11. The van der Waals surface area contributed by atoms with E-state index in [0.717, 1.165) is 12.3 Å². The Hall–Kier alpha value is -2.17. The summed E-state index contributed by atoms with van der Waals surface area (Å²) >= 11 is 0. The standard InChI is InChI=1S/C8H14O6.C4H6O4/c9-3-8(4-10,5-11)6-14-2-1-7(12)13;5-3(6)1-2-4(7)8/h1-2,9-11H,3-6H2,(H,12,13);1-2H2,(H,5,6)(H,7,8). The van der Waals surface area contributed by atoms with Crippen molar-refractivity contribution in [3.05, 3.63) is 12.3 Å². The molecule has 6 N–H and O–H groups in total. The van der Waals surface area contributed by atoms with Crippen LogP contribution in [0, 0.1) is 5.41 Å². The van der Waals surface area contributed by atoms with Gasteiger partial charge in [-0.1, -0.05) is 0 Å². The molecule has 0 saturated carbocycles. The lowest BCUT2D eigenvalue weighted by atomic mass is 9.93. The molecule has 0 saturated heterocycles. The van der Waals surface area contributed by atoms with Crippen molar-refractivity contribution in [3.63, 3.8) is 0 Å². The molecule has 0 aromatic heterocycles. The van der Waals surface area contributed by atoms with Gasteiger partial charge in [-0.05, 0) is 0 Å². The lowest BCUT2D eigenvalue weighted by Gasteiger charge is -2.25. The summed E-state index contributed by atoms with van der Waals surface area (Å²) in [6.45, 7) is -1.48. The van der Waals surface area contributed by atoms with E-state index >= 15 is 0 Å². The number of ether oxygens (including phenoxy) is 1. The molecule has 10 nitrogen and oxygen atoms in total. The van der Waals surface area contributed by atoms with Crippen LogP contribution in [0.2, 0.25) is 0 Å². The summed E-state index contributed by atoms with van der Waals surface area (Å²) in [5, 5.41) is 50.5. The number of rotatable bonds is 10. The Morgan fingerprint density at radius 1 is 0.864 bits per heavy atom. The molecule has 0 fully saturated rings. The lowest BCUT2D eigenvalue weighted by molar-refractivity contribution is -0.143. The number of carbonyl (C=O) groups is 3. The zero-order valence-corrected chi connectivity index (χ0v) is 11.7. The molecular weight excluding hydrogens is 304 g/mol. The van der Waals surface area contributed by atoms with Crippen molar-refractivity contribution in [1.29, 1.82) is 0 Å². The Kier molecular flexibility index (Phi) is 12.6. The zero-order chi connectivity index (χ0) is 17.6. The van der Waals surface area contributed by atoms with E-state index in [1.165, 1.54) is 0 Å². The first-order valence-corrected chi connectivity index (χ1v) is 6.00. The van der Waals surface area contributed by atoms with Gasteiger partial charge in [-0.2, -0.15) is 0 Å². The molecule has 0 amide bonds. The van der Waals surface area contributed by atoms with E-state index in [2.05, 4.69) is 0 Å². The van der Waals surface area contributed by atoms with Crippen molar-refractivity contribution >= 4 is 17.9 Å². The number of aliphatic hydroxyl groups excluding tert-OH is 3. The summed E-state index contributed by atoms with van der Waals surface area (Å²) in [5.74, 6) is -3.31. The number of hydrogen-bond acceptors (Lipinski definition) is 7. The van der Waals surface area contributed by atoms with Gasteiger partial charge < -0.3 is 35.4 Å². The Labute approximate surface area is 125 Å². The number of aliphatic carboxylic acids is 3. The van der Waals surface area contributed by atoms with Crippen LogP contribution in [0.1, 0.15) is 12.8 Å². The monoisotopic (exact) mass is 324 g/mol. The van der Waals surface area contributed by atoms with Gasteiger partial charge in [-0.25, -0.2) is 4.79 Å². The second-order valence-electron chi connectivity index (χ2n) is 4.21. The maximum absolute atomic E-state index is 10.0. The van der Waals surface area contributed by atoms with Gasteiger partial charge in [0, 0.05) is 0 Å². The Balaban J connectivity index is 0. The highest BCUT2D eigenvalue weighted by Crippen LogP contribution is 2.14. The van der Waals surface area contributed by atoms with E-state index in [1.54, 1.807) is 0 Å². The van der Waals surface area contributed by atoms with E-state index in [1.807, 2.05) is 0 Å². The van der Waals surface area contributed by atoms with Crippen LogP contribution in [0.25, 0.3) is 0 Å². The van der Waals surface area contributed by atoms with Crippen LogP contribution in [0.5, 0.6) is 0 Å². The van der Waals surface area contributed by atoms with Crippen molar-refractivity contribution < 1.29 is 49.8 Å². The van der Waals surface area contributed by atoms with E-state index in [-0.39, 0.29) is 19.4 Å². The fourth-order valence-corrected chi connectivity index (χ4v) is 0.832. The number of hydrogen-bond donors (Lipinski definition) is 6. The third-order valence-electron chi connectivity index (χ3n) is 2.26. The zero-order valence-electron chi connectivity index (χ0n) is 11.7. The number of carboxylic acid groups (broad SMARTS) is 3. The van der Waals surface area contributed by atoms with E-state index in [0.29, 0.717) is 0 Å². The molecule has 0 aliphatic rings. The summed E-state index contributed by atoms with van der Waals surface area (Å²) < 4.78 is 4.74. The van der Waals surface area contributed by atoms with Gasteiger partial charge in [0.1, 0.15) is 0 Å². The van der Waals surface area contributed by atoms with Gasteiger partial charge >= 0.3 is 17.9 Å². The molecule has 0 radical (unpaired) electrons. The van der Waals surface area contributed by atoms with Crippen LogP contribution < -0.4 is 0 Å². The lowest BCUT2D eigenvalue weighted by Crippen LogP contribution is -2.38. The molecule has 0 spiro atoms. The Morgan fingerprint density at radius 2 is 1.27 bits per heavy atom. The molecule has 0 aliphatic carbocycles. The molecule has 10 heteroatoms. The first-order valence-electron chi connectivity index (χ1n) is 6.00. The normalized spacial score (nSPS) is 10.7. The van der Waals surface area contributed by atoms with Gasteiger partial charge in [0.2, 0.25) is 0 Å². The fourth-order valence-electron chi connectivity index (χ4n) is 0.832. The van der Waals surface area contributed by atoms with E-state index < -0.39 is 43.1 Å². The second kappa shape index (κ2) is 12.6. The predicted octanol–water partition coefficient (Wildman–Crippen LogP) is -1.50. The topological polar surface area (TPSA) is 182 Å². The van der Waals surface area contributed by atoms with Crippen LogP contribution in [0.15, 0.2) is 12.3 Å². The largest absolute Gasteiger partial charge is 0.500 e. The van der Waals surface area contributed by atoms with Gasteiger partial charge in [-0.3, -0.25) is 9.59 Å². The minimum atomic E-state index is -1.16. The molecule has 0 aliphatic heterocycles. The van der Waals surface area contributed by atoms with Crippen molar-refractivity contribution in [2.45, 2.75) is 12.8 Å². The molecule has 0 bridgehead atoms. The second-order valence-corrected chi connectivity index (χ2v) is 4.21. The maximum Gasteiger partial charge on any atom is 0.331 e. The summed E-state index contributed by atoms with van der Waals surface area (Å²) in [4.78, 5) is 29.3. The predicted molar refractivity (Wildman–Crippen MR) is 70.9 cm³/mol. The average Bonchev–Trinajstić information content (AvgIpc) is 2.46. The summed E-state index contributed by atoms with van der Waals surface area (Å²) in [6, 6.07) is 0. The molecule has 0 aromatic rings. The first-order chi connectivity index (χ1) is 10.2. The first kappa shape index (κ1) is 22.1. The highest BCUT2D eigenvalue weighted by Gasteiger charge is 2.28. The van der Waals surface area contributed by atoms with Crippen molar-refractivity contribution in [1.82, 2.24) is 0 Å². The molecule has 0 atom stereocenters. The average molecular weight is 324 g/mol. The fraction of sp³-hybridized carbons (Fsp3) is 0.583. The van der Waals surface area contributed by atoms with Gasteiger partial charge in [0.25, 0.3) is 0 Å². The van der Waals surface area contributed by atoms with Crippen LogP contribution >= 0.6 is 0 Å². The van der Waals surface area contributed by atoms with Crippen molar-refractivity contribution in [3.8, 4) is 0 Å². The van der Waals surface area contributed by atoms with E-state index in [9.17, 15) is 14.4 Å². The quantitative estimate of drug-likeness (QED) is 0.204. The molecule has 0 unspecified atom stereocenters. The van der Waals surface area contributed by atoms with Crippen molar-refractivity contribution in [2.24, 2.45) is 5.41 Å². The molecule has 0 rings (SSSR count). The van der Waals surface area contributed by atoms with Crippen LogP contribution in [0.3, 0.4) is 0 Å².